The van der Waals surface area contributed by atoms with Gasteiger partial charge < -0.3 is 24.2 Å². The minimum absolute atomic E-state index is 0.00820. The molecule has 1 N–H and O–H groups in total. The van der Waals surface area contributed by atoms with Gasteiger partial charge in [0.2, 0.25) is 11.8 Å². The number of nitrogens with one attached hydrogen (secondary N) is 1. The Labute approximate surface area is 201 Å². The summed E-state index contributed by atoms with van der Waals surface area (Å²) < 4.78 is 36.5. The lowest BCUT2D eigenvalue weighted by Crippen LogP contribution is -2.52. The third kappa shape index (κ3) is 5.30. The van der Waals surface area contributed by atoms with E-state index in [-0.39, 0.29) is 30.7 Å². The molecule has 4 amide bonds. The fourth-order valence-corrected chi connectivity index (χ4v) is 4.50. The fourth-order valence-electron chi connectivity index (χ4n) is 4.50. The van der Waals surface area contributed by atoms with Crippen molar-refractivity contribution in [3.63, 3.8) is 0 Å². The highest BCUT2D eigenvalue weighted by Gasteiger charge is 2.41. The van der Waals surface area contributed by atoms with E-state index in [4.69, 9.17) is 9.47 Å². The van der Waals surface area contributed by atoms with Gasteiger partial charge in [0.25, 0.3) is 5.91 Å². The molecule has 3 aliphatic rings. The summed E-state index contributed by atoms with van der Waals surface area (Å²) in [5.74, 6) is -1.85. The third-order valence-electron chi connectivity index (χ3n) is 6.08. The van der Waals surface area contributed by atoms with Crippen molar-refractivity contribution >= 4 is 29.5 Å². The van der Waals surface area contributed by atoms with E-state index in [0.29, 0.717) is 37.4 Å². The number of piperidine rings is 1. The Bertz CT molecular complexity index is 1050. The minimum Gasteiger partial charge on any atom is -0.444 e. The van der Waals surface area contributed by atoms with Crippen molar-refractivity contribution in [2.45, 2.75) is 58.4 Å². The molecule has 10 nitrogen and oxygen atoms in total. The standard InChI is InChI=1S/C23H28F2N4O6/c1-23(2,3)35-22(33)28-8-6-27(7-9-28)14-10-13-12-29(15-4-5-17(30)26-19(15)31)20(32)18(13)16(11-14)34-21(24)25/h10-11,15,21H,4-9,12H2,1-3H3,(H,26,30,31). The van der Waals surface area contributed by atoms with E-state index >= 15 is 0 Å². The highest BCUT2D eigenvalue weighted by atomic mass is 19.3. The molecule has 1 atom stereocenters. The van der Waals surface area contributed by atoms with E-state index in [9.17, 15) is 28.0 Å². The SMILES string of the molecule is CC(C)(C)OC(=O)N1CCN(c2cc3c(c(OC(F)F)c2)C(=O)N(C2CCC(=O)NC2=O)C3)CC1. The average Bonchev–Trinajstić information content (AvgIpc) is 3.08. The molecule has 0 saturated carbocycles. The first-order valence-corrected chi connectivity index (χ1v) is 11.4. The van der Waals surface area contributed by atoms with Gasteiger partial charge in [0, 0.05) is 50.9 Å². The van der Waals surface area contributed by atoms with Crippen LogP contribution in [0.15, 0.2) is 12.1 Å². The average molecular weight is 494 g/mol. The van der Waals surface area contributed by atoms with E-state index in [1.165, 1.54) is 11.0 Å². The lowest BCUT2D eigenvalue weighted by Gasteiger charge is -2.37. The number of benzene rings is 1. The number of rotatable bonds is 4. The van der Waals surface area contributed by atoms with Crippen LogP contribution in [-0.4, -0.2) is 78.0 Å². The maximum Gasteiger partial charge on any atom is 0.410 e. The van der Waals surface area contributed by atoms with Crippen LogP contribution in [-0.2, 0) is 20.9 Å². The van der Waals surface area contributed by atoms with Gasteiger partial charge in [0.05, 0.1) is 5.56 Å². The van der Waals surface area contributed by atoms with E-state index in [2.05, 4.69) is 5.32 Å². The van der Waals surface area contributed by atoms with Crippen LogP contribution in [0.4, 0.5) is 19.3 Å². The van der Waals surface area contributed by atoms with Gasteiger partial charge in [-0.2, -0.15) is 8.78 Å². The molecule has 0 bridgehead atoms. The van der Waals surface area contributed by atoms with Gasteiger partial charge in [-0.05, 0) is 38.8 Å². The lowest BCUT2D eigenvalue weighted by molar-refractivity contribution is -0.136. The topological polar surface area (TPSA) is 108 Å². The van der Waals surface area contributed by atoms with Crippen LogP contribution in [0.5, 0.6) is 5.75 Å². The molecule has 1 unspecified atom stereocenters. The zero-order chi connectivity index (χ0) is 25.5. The number of anilines is 1. The Morgan fingerprint density at radius 1 is 1.11 bits per heavy atom. The summed E-state index contributed by atoms with van der Waals surface area (Å²) in [5.41, 5.74) is 0.408. The molecule has 3 heterocycles. The van der Waals surface area contributed by atoms with E-state index in [1.54, 1.807) is 31.7 Å². The van der Waals surface area contributed by atoms with Gasteiger partial charge in [-0.3, -0.25) is 19.7 Å². The number of halogens is 2. The molecule has 0 radical (unpaired) electrons. The maximum atomic E-state index is 13.2. The Morgan fingerprint density at radius 2 is 1.80 bits per heavy atom. The summed E-state index contributed by atoms with van der Waals surface area (Å²) in [7, 11) is 0. The highest BCUT2D eigenvalue weighted by molar-refractivity contribution is 6.06. The smallest absolute Gasteiger partial charge is 0.410 e. The number of ether oxygens (including phenoxy) is 2. The number of carbonyl (C=O) groups excluding carboxylic acids is 4. The normalized spacial score (nSPS) is 20.8. The second-order valence-corrected chi connectivity index (χ2v) is 9.71. The van der Waals surface area contributed by atoms with Crippen LogP contribution in [0.3, 0.4) is 0 Å². The molecule has 1 aromatic rings. The number of imide groups is 1. The summed E-state index contributed by atoms with van der Waals surface area (Å²) in [5, 5.41) is 2.22. The van der Waals surface area contributed by atoms with Crippen LogP contribution in [0, 0.1) is 0 Å². The van der Waals surface area contributed by atoms with E-state index in [0.717, 1.165) is 0 Å². The molecule has 0 aromatic heterocycles. The van der Waals surface area contributed by atoms with Crippen molar-refractivity contribution in [1.82, 2.24) is 15.1 Å². The Morgan fingerprint density at radius 3 is 2.40 bits per heavy atom. The number of carbonyl (C=O) groups is 4. The molecule has 0 aliphatic carbocycles. The quantitative estimate of drug-likeness (QED) is 0.639. The van der Waals surface area contributed by atoms with Crippen molar-refractivity contribution in [2.75, 3.05) is 31.1 Å². The van der Waals surface area contributed by atoms with E-state index < -0.39 is 42.1 Å². The summed E-state index contributed by atoms with van der Waals surface area (Å²) in [6.07, 6.45) is -0.169. The fraction of sp³-hybridized carbons (Fsp3) is 0.565. The Balaban J connectivity index is 1.54. The monoisotopic (exact) mass is 494 g/mol. The number of amides is 4. The second kappa shape index (κ2) is 9.31. The molecular formula is C23H28F2N4O6. The molecule has 2 saturated heterocycles. The maximum absolute atomic E-state index is 13.2. The minimum atomic E-state index is -3.14. The number of fused-ring (bicyclic) bond motifs is 1. The summed E-state index contributed by atoms with van der Waals surface area (Å²) in [6, 6.07) is 2.24. The van der Waals surface area contributed by atoms with Crippen LogP contribution in [0.1, 0.15) is 49.5 Å². The van der Waals surface area contributed by atoms with Gasteiger partial charge in [-0.15, -0.1) is 0 Å². The number of alkyl halides is 2. The third-order valence-corrected chi connectivity index (χ3v) is 6.08. The number of hydrogen-bond donors (Lipinski definition) is 1. The Hall–Kier alpha value is -3.44. The first-order chi connectivity index (χ1) is 16.4. The summed E-state index contributed by atoms with van der Waals surface area (Å²) in [4.78, 5) is 54.0. The van der Waals surface area contributed by atoms with Crippen LogP contribution >= 0.6 is 0 Å². The van der Waals surface area contributed by atoms with Crippen molar-refractivity contribution in [1.29, 1.82) is 0 Å². The zero-order valence-corrected chi connectivity index (χ0v) is 19.8. The van der Waals surface area contributed by atoms with Crippen molar-refractivity contribution < 1.29 is 37.4 Å². The summed E-state index contributed by atoms with van der Waals surface area (Å²) >= 11 is 0. The molecule has 35 heavy (non-hydrogen) atoms. The second-order valence-electron chi connectivity index (χ2n) is 9.71. The van der Waals surface area contributed by atoms with Gasteiger partial charge in [0.15, 0.2) is 0 Å². The predicted molar refractivity (Wildman–Crippen MR) is 119 cm³/mol. The van der Waals surface area contributed by atoms with Gasteiger partial charge >= 0.3 is 12.7 Å². The van der Waals surface area contributed by atoms with Crippen molar-refractivity contribution in [2.24, 2.45) is 0 Å². The first-order valence-electron chi connectivity index (χ1n) is 11.4. The van der Waals surface area contributed by atoms with E-state index in [1.807, 2.05) is 4.90 Å². The van der Waals surface area contributed by atoms with Gasteiger partial charge in [0.1, 0.15) is 17.4 Å². The number of hydrogen-bond acceptors (Lipinski definition) is 7. The molecule has 12 heteroatoms. The number of piperazine rings is 1. The van der Waals surface area contributed by atoms with Crippen LogP contribution in [0.2, 0.25) is 0 Å². The highest BCUT2D eigenvalue weighted by Crippen LogP contribution is 2.38. The lowest BCUT2D eigenvalue weighted by atomic mass is 10.0. The van der Waals surface area contributed by atoms with Gasteiger partial charge in [-0.25, -0.2) is 4.79 Å². The number of nitrogens with zero attached hydrogens (tertiary/aromatic N) is 3. The molecule has 2 fully saturated rings. The molecule has 4 rings (SSSR count). The molecule has 190 valence electrons. The van der Waals surface area contributed by atoms with Crippen LogP contribution in [0.25, 0.3) is 0 Å². The predicted octanol–water partition coefficient (Wildman–Crippen LogP) is 2.11. The summed E-state index contributed by atoms with van der Waals surface area (Å²) in [6.45, 7) is 3.85. The van der Waals surface area contributed by atoms with Crippen molar-refractivity contribution in [3.8, 4) is 5.75 Å². The zero-order valence-electron chi connectivity index (χ0n) is 19.8. The van der Waals surface area contributed by atoms with Crippen molar-refractivity contribution in [3.05, 3.63) is 23.3 Å². The molecule has 0 spiro atoms. The Kier molecular flexibility index (Phi) is 6.56. The first kappa shape index (κ1) is 24.7. The molecule has 3 aliphatic heterocycles. The molecular weight excluding hydrogens is 466 g/mol. The van der Waals surface area contributed by atoms with Gasteiger partial charge in [-0.1, -0.05) is 0 Å². The molecule has 1 aromatic carbocycles. The van der Waals surface area contributed by atoms with Crippen LogP contribution < -0.4 is 15.0 Å². The largest absolute Gasteiger partial charge is 0.444 e.